The Hall–Kier alpha value is -3.19. The number of nitrogens with zero attached hydrogens (tertiary/aromatic N) is 2. The lowest BCUT2D eigenvalue weighted by Crippen LogP contribution is -2.34. The van der Waals surface area contributed by atoms with Gasteiger partial charge in [0, 0.05) is 25.2 Å². The molecule has 0 saturated carbocycles. The number of ether oxygens (including phenoxy) is 2. The molecular weight excluding hydrogens is 402 g/mol. The summed E-state index contributed by atoms with van der Waals surface area (Å²) in [5.41, 5.74) is 15.5. The van der Waals surface area contributed by atoms with E-state index in [-0.39, 0.29) is 29.5 Å². The first kappa shape index (κ1) is 21.5. The number of carbonyl (C=O) groups is 1. The number of hydrogen-bond acceptors (Lipinski definition) is 8. The first-order chi connectivity index (χ1) is 14.4. The second-order valence-electron chi connectivity index (χ2n) is 6.55. The molecule has 8 nitrogen and oxygen atoms in total. The maximum absolute atomic E-state index is 12.7. The van der Waals surface area contributed by atoms with Crippen LogP contribution in [0.3, 0.4) is 0 Å². The fraction of sp³-hybridized carbons (Fsp3) is 0.286. The molecule has 0 aliphatic rings. The molecule has 9 heteroatoms. The minimum absolute atomic E-state index is 0.103. The lowest BCUT2D eigenvalue weighted by Gasteiger charge is -2.13. The Morgan fingerprint density at radius 3 is 2.50 bits per heavy atom. The number of carbonyl (C=O) groups excluding carboxylic acids is 1. The molecule has 0 unspecified atom stereocenters. The third-order valence-corrected chi connectivity index (χ3v) is 5.93. The van der Waals surface area contributed by atoms with E-state index < -0.39 is 6.29 Å². The van der Waals surface area contributed by atoms with E-state index in [9.17, 15) is 10.1 Å². The summed E-state index contributed by atoms with van der Waals surface area (Å²) in [6.07, 6.45) is 0.324. The molecule has 0 saturated heterocycles. The number of thiophene rings is 1. The number of nitrogen functional groups attached to an aromatic ring is 2. The molecular formula is C21H23N5O3S. The largest absolute Gasteiger partial charge is 0.397 e. The molecule has 1 aromatic carbocycles. The zero-order valence-electron chi connectivity index (χ0n) is 17.0. The molecule has 0 spiro atoms. The number of anilines is 2. The van der Waals surface area contributed by atoms with E-state index in [1.165, 1.54) is 19.8 Å². The van der Waals surface area contributed by atoms with Crippen molar-refractivity contribution in [2.45, 2.75) is 19.6 Å². The van der Waals surface area contributed by atoms with Gasteiger partial charge in [0.2, 0.25) is 0 Å². The fourth-order valence-electron chi connectivity index (χ4n) is 3.17. The molecule has 0 fully saturated rings. The zero-order valence-corrected chi connectivity index (χ0v) is 17.8. The summed E-state index contributed by atoms with van der Waals surface area (Å²) >= 11 is 1.13. The van der Waals surface area contributed by atoms with Crippen LogP contribution < -0.4 is 16.8 Å². The quantitative estimate of drug-likeness (QED) is 0.495. The fourth-order valence-corrected chi connectivity index (χ4v) is 4.20. The number of benzene rings is 1. The van der Waals surface area contributed by atoms with E-state index in [0.717, 1.165) is 23.3 Å². The van der Waals surface area contributed by atoms with Gasteiger partial charge in [-0.15, -0.1) is 11.3 Å². The number of amides is 1. The summed E-state index contributed by atoms with van der Waals surface area (Å²) in [7, 11) is 2.97. The van der Waals surface area contributed by atoms with Crippen LogP contribution in [0.4, 0.5) is 11.5 Å². The Labute approximate surface area is 178 Å². The SMILES string of the molecule is CCc1ccc(-c2c(C#N)c(N)nc3sc(C(=O)NCC(OC)OC)c(N)c23)cc1. The van der Waals surface area contributed by atoms with Crippen LogP contribution >= 0.6 is 11.3 Å². The number of fused-ring (bicyclic) bond motifs is 1. The van der Waals surface area contributed by atoms with Crippen LogP contribution in [0.5, 0.6) is 0 Å². The molecule has 1 amide bonds. The molecule has 0 aliphatic carbocycles. The zero-order chi connectivity index (χ0) is 21.8. The molecule has 2 heterocycles. The van der Waals surface area contributed by atoms with Gasteiger partial charge in [0.1, 0.15) is 27.2 Å². The Bertz CT molecular complexity index is 1110. The van der Waals surface area contributed by atoms with Crippen molar-refractivity contribution in [3.05, 3.63) is 40.3 Å². The average Bonchev–Trinajstić information content (AvgIpc) is 3.09. The first-order valence-corrected chi connectivity index (χ1v) is 10.1. The standard InChI is InChI=1S/C21H23N5O3S/c1-4-11-5-7-12(8-6-11)15-13(9-22)19(24)26-21-16(15)17(23)18(30-21)20(27)25-10-14(28-2)29-3/h5-8,14H,4,10,23H2,1-3H3,(H2,24,26)(H,25,27). The maximum atomic E-state index is 12.7. The Balaban J connectivity index is 2.13. The van der Waals surface area contributed by atoms with Crippen molar-refractivity contribution in [3.8, 4) is 17.2 Å². The topological polar surface area (TPSA) is 136 Å². The van der Waals surface area contributed by atoms with Crippen molar-refractivity contribution in [2.75, 3.05) is 32.2 Å². The van der Waals surface area contributed by atoms with Gasteiger partial charge in [0.15, 0.2) is 6.29 Å². The van der Waals surface area contributed by atoms with Gasteiger partial charge in [-0.25, -0.2) is 4.98 Å². The predicted molar refractivity (Wildman–Crippen MR) is 118 cm³/mol. The lowest BCUT2D eigenvalue weighted by molar-refractivity contribution is -0.0974. The highest BCUT2D eigenvalue weighted by molar-refractivity contribution is 7.21. The van der Waals surface area contributed by atoms with E-state index in [1.54, 1.807) is 0 Å². The van der Waals surface area contributed by atoms with E-state index in [1.807, 2.05) is 24.3 Å². The van der Waals surface area contributed by atoms with Crippen LogP contribution in [0.2, 0.25) is 0 Å². The molecule has 0 atom stereocenters. The Morgan fingerprint density at radius 2 is 1.93 bits per heavy atom. The van der Waals surface area contributed by atoms with Gasteiger partial charge < -0.3 is 26.3 Å². The highest BCUT2D eigenvalue weighted by atomic mass is 32.1. The summed E-state index contributed by atoms with van der Waals surface area (Å²) in [4.78, 5) is 17.8. The summed E-state index contributed by atoms with van der Waals surface area (Å²) < 4.78 is 10.2. The molecule has 30 heavy (non-hydrogen) atoms. The van der Waals surface area contributed by atoms with Gasteiger partial charge >= 0.3 is 0 Å². The molecule has 0 radical (unpaired) electrons. The molecule has 5 N–H and O–H groups in total. The predicted octanol–water partition coefficient (Wildman–Crippen LogP) is 2.91. The number of methoxy groups -OCH3 is 2. The van der Waals surface area contributed by atoms with E-state index in [4.69, 9.17) is 20.9 Å². The van der Waals surface area contributed by atoms with Crippen molar-refractivity contribution in [3.63, 3.8) is 0 Å². The minimum atomic E-state index is -0.573. The van der Waals surface area contributed by atoms with Crippen LogP contribution in [0.1, 0.15) is 27.7 Å². The molecule has 0 bridgehead atoms. The molecule has 0 aliphatic heterocycles. The smallest absolute Gasteiger partial charge is 0.263 e. The van der Waals surface area contributed by atoms with Gasteiger partial charge in [-0.1, -0.05) is 31.2 Å². The number of rotatable bonds is 7. The third kappa shape index (κ3) is 3.93. The van der Waals surface area contributed by atoms with Crippen LogP contribution in [0.15, 0.2) is 24.3 Å². The first-order valence-electron chi connectivity index (χ1n) is 9.29. The van der Waals surface area contributed by atoms with Crippen molar-refractivity contribution in [2.24, 2.45) is 0 Å². The number of pyridine rings is 1. The van der Waals surface area contributed by atoms with Gasteiger partial charge in [0.05, 0.1) is 12.2 Å². The van der Waals surface area contributed by atoms with Gasteiger partial charge in [-0.05, 0) is 17.5 Å². The van der Waals surface area contributed by atoms with Gasteiger partial charge in [0.25, 0.3) is 5.91 Å². The minimum Gasteiger partial charge on any atom is -0.397 e. The summed E-state index contributed by atoms with van der Waals surface area (Å²) in [5.74, 6) is -0.273. The van der Waals surface area contributed by atoms with Crippen molar-refractivity contribution < 1.29 is 14.3 Å². The number of nitriles is 1. The average molecular weight is 426 g/mol. The monoisotopic (exact) mass is 425 g/mol. The van der Waals surface area contributed by atoms with Crippen LogP contribution in [0, 0.1) is 11.3 Å². The van der Waals surface area contributed by atoms with Crippen LogP contribution in [0.25, 0.3) is 21.3 Å². The third-order valence-electron chi connectivity index (χ3n) is 4.83. The highest BCUT2D eigenvalue weighted by Gasteiger charge is 2.24. The molecule has 3 rings (SSSR count). The van der Waals surface area contributed by atoms with Gasteiger partial charge in [-0.2, -0.15) is 5.26 Å². The van der Waals surface area contributed by atoms with Gasteiger partial charge in [-0.3, -0.25) is 4.79 Å². The molecule has 3 aromatic rings. The summed E-state index contributed by atoms with van der Waals surface area (Å²) in [6.45, 7) is 2.22. The Kier molecular flexibility index (Phi) is 6.52. The number of nitrogens with one attached hydrogen (secondary N) is 1. The van der Waals surface area contributed by atoms with E-state index in [2.05, 4.69) is 23.3 Å². The molecule has 156 valence electrons. The second kappa shape index (κ2) is 9.09. The maximum Gasteiger partial charge on any atom is 0.263 e. The lowest BCUT2D eigenvalue weighted by atomic mass is 9.96. The van der Waals surface area contributed by atoms with Crippen LogP contribution in [-0.2, 0) is 15.9 Å². The summed E-state index contributed by atoms with van der Waals surface area (Å²) in [6, 6.07) is 9.96. The number of aromatic nitrogens is 1. The molecule has 2 aromatic heterocycles. The highest BCUT2D eigenvalue weighted by Crippen LogP contribution is 2.42. The van der Waals surface area contributed by atoms with E-state index in [0.29, 0.717) is 20.7 Å². The number of aryl methyl sites for hydroxylation is 1. The number of hydrogen-bond donors (Lipinski definition) is 3. The number of nitrogens with two attached hydrogens (primary N) is 2. The van der Waals surface area contributed by atoms with E-state index >= 15 is 0 Å². The van der Waals surface area contributed by atoms with Crippen molar-refractivity contribution in [1.82, 2.24) is 10.3 Å². The Morgan fingerprint density at radius 1 is 1.27 bits per heavy atom. The van der Waals surface area contributed by atoms with Crippen molar-refractivity contribution >= 4 is 39.0 Å². The van der Waals surface area contributed by atoms with Crippen molar-refractivity contribution in [1.29, 1.82) is 5.26 Å². The normalized spacial score (nSPS) is 11.0. The second-order valence-corrected chi connectivity index (χ2v) is 7.54. The van der Waals surface area contributed by atoms with Crippen LogP contribution in [-0.4, -0.2) is 37.9 Å². The summed E-state index contributed by atoms with van der Waals surface area (Å²) in [5, 5.41) is 13.0.